The van der Waals surface area contributed by atoms with Crippen molar-refractivity contribution in [2.24, 2.45) is 5.92 Å². The van der Waals surface area contributed by atoms with Crippen LogP contribution < -0.4 is 10.6 Å². The molecule has 3 aliphatic heterocycles. The average molecular weight is 453 g/mol. The molecule has 8 nitrogen and oxygen atoms in total. The number of pyridine rings is 1. The molecule has 1 unspecified atom stereocenters. The molecule has 1 atom stereocenters. The van der Waals surface area contributed by atoms with Gasteiger partial charge in [0.1, 0.15) is 0 Å². The quantitative estimate of drug-likeness (QED) is 0.718. The van der Waals surface area contributed by atoms with Crippen LogP contribution in [0, 0.1) is 5.92 Å². The van der Waals surface area contributed by atoms with Crippen LogP contribution in [0.2, 0.25) is 0 Å². The lowest BCUT2D eigenvalue weighted by atomic mass is 9.84. The Kier molecular flexibility index (Phi) is 5.74. The summed E-state index contributed by atoms with van der Waals surface area (Å²) in [5, 5.41) is 6.24. The van der Waals surface area contributed by atoms with Crippen LogP contribution in [0.5, 0.6) is 0 Å². The van der Waals surface area contributed by atoms with E-state index in [2.05, 4.69) is 26.5 Å². The van der Waals surface area contributed by atoms with Crippen LogP contribution in [0.4, 0.5) is 10.5 Å². The molecular weight excluding hydrogens is 416 g/mol. The monoisotopic (exact) mass is 452 g/mol. The van der Waals surface area contributed by atoms with Gasteiger partial charge in [0.15, 0.2) is 0 Å². The van der Waals surface area contributed by atoms with Gasteiger partial charge in [-0.2, -0.15) is 0 Å². The molecule has 6 rings (SSSR count). The highest BCUT2D eigenvalue weighted by Gasteiger charge is 2.37. The van der Waals surface area contributed by atoms with Crippen LogP contribution >= 0.6 is 0 Å². The Morgan fingerprint density at radius 3 is 2.58 bits per heavy atom. The molecule has 8 heteroatoms. The van der Waals surface area contributed by atoms with Crippen LogP contribution in [-0.2, 0) is 11.3 Å². The lowest BCUT2D eigenvalue weighted by Crippen LogP contribution is -2.51. The number of piperazine rings is 1. The maximum Gasteiger partial charge on any atom is 0.322 e. The van der Waals surface area contributed by atoms with Crippen molar-refractivity contribution < 1.29 is 9.59 Å². The van der Waals surface area contributed by atoms with Gasteiger partial charge in [0, 0.05) is 63.5 Å². The van der Waals surface area contributed by atoms with Gasteiger partial charge in [0.25, 0.3) is 0 Å². The zero-order chi connectivity index (χ0) is 22.4. The number of nitrogens with zero attached hydrogens (tertiary/aromatic N) is 4. The van der Waals surface area contributed by atoms with Gasteiger partial charge in [0.2, 0.25) is 5.91 Å². The number of amides is 3. The van der Waals surface area contributed by atoms with Gasteiger partial charge in [-0.25, -0.2) is 4.79 Å². The molecule has 2 saturated carbocycles. The first-order valence-corrected chi connectivity index (χ1v) is 13.0. The Bertz CT molecular complexity index is 902. The van der Waals surface area contributed by atoms with Gasteiger partial charge in [-0.15, -0.1) is 0 Å². The van der Waals surface area contributed by atoms with E-state index in [1.807, 2.05) is 11.1 Å². The smallest absolute Gasteiger partial charge is 0.322 e. The summed E-state index contributed by atoms with van der Waals surface area (Å²) in [6.07, 6.45) is 10.8. The molecule has 0 spiro atoms. The van der Waals surface area contributed by atoms with E-state index in [0.717, 1.165) is 89.2 Å². The van der Waals surface area contributed by atoms with Gasteiger partial charge in [0.05, 0.1) is 17.4 Å². The fourth-order valence-corrected chi connectivity index (χ4v) is 6.25. The summed E-state index contributed by atoms with van der Waals surface area (Å²) in [6, 6.07) is 3.42. The van der Waals surface area contributed by atoms with E-state index in [0.29, 0.717) is 18.0 Å². The van der Waals surface area contributed by atoms with Crippen molar-refractivity contribution in [2.45, 2.75) is 76.0 Å². The van der Waals surface area contributed by atoms with Crippen LogP contribution in [0.3, 0.4) is 0 Å². The van der Waals surface area contributed by atoms with Gasteiger partial charge >= 0.3 is 6.03 Å². The maximum absolute atomic E-state index is 12.4. The molecule has 5 aliphatic rings. The first-order chi connectivity index (χ1) is 16.1. The predicted octanol–water partition coefficient (Wildman–Crippen LogP) is 2.72. The second kappa shape index (κ2) is 8.87. The largest absolute Gasteiger partial charge is 0.353 e. The summed E-state index contributed by atoms with van der Waals surface area (Å²) in [4.78, 5) is 36.6. The Morgan fingerprint density at radius 2 is 1.82 bits per heavy atom. The lowest BCUT2D eigenvalue weighted by Gasteiger charge is -2.42. The topological polar surface area (TPSA) is 80.8 Å². The molecule has 0 radical (unpaired) electrons. The number of urea groups is 1. The Balaban J connectivity index is 0.989. The predicted molar refractivity (Wildman–Crippen MR) is 126 cm³/mol. The first kappa shape index (κ1) is 21.4. The number of fused-ring (bicyclic) bond motifs is 3. The molecule has 2 N–H and O–H groups in total. The highest BCUT2D eigenvalue weighted by molar-refractivity contribution is 5.93. The van der Waals surface area contributed by atoms with E-state index in [1.54, 1.807) is 0 Å². The van der Waals surface area contributed by atoms with Gasteiger partial charge in [-0.3, -0.25) is 19.6 Å². The SMILES string of the molecule is O=C(NC1CC1)C1CCC(N2CCN(Cc3cnc4c(c3)NC(=O)N3CCCC43)CC2)CC1. The maximum atomic E-state index is 12.4. The van der Waals surface area contributed by atoms with Crippen molar-refractivity contribution in [2.75, 3.05) is 38.0 Å². The third-order valence-corrected chi connectivity index (χ3v) is 8.37. The van der Waals surface area contributed by atoms with Crippen molar-refractivity contribution in [1.29, 1.82) is 0 Å². The van der Waals surface area contributed by atoms with Crippen LogP contribution in [-0.4, -0.2) is 76.4 Å². The minimum absolute atomic E-state index is 0.0253. The molecule has 0 bridgehead atoms. The zero-order valence-corrected chi connectivity index (χ0v) is 19.5. The standard InChI is InChI=1S/C25H36N6O2/c32-24(27-19-5-6-19)18-3-7-20(8-4-18)30-12-10-29(11-13-30)16-17-14-21-23(26-15-17)22-2-1-9-31(22)25(33)28-21/h14-15,18-20,22H,1-13,16H2,(H,27,32)(H,28,33). The molecule has 0 aromatic carbocycles. The average Bonchev–Trinajstić information content (AvgIpc) is 3.50. The second-order valence-corrected chi connectivity index (χ2v) is 10.7. The Labute approximate surface area is 196 Å². The number of carbonyl (C=O) groups is 2. The normalized spacial score (nSPS) is 30.5. The number of hydrogen-bond acceptors (Lipinski definition) is 5. The molecule has 3 amide bonds. The number of rotatable bonds is 5. The Morgan fingerprint density at radius 1 is 1.03 bits per heavy atom. The Hall–Kier alpha value is -2.19. The highest BCUT2D eigenvalue weighted by Crippen LogP contribution is 2.39. The van der Waals surface area contributed by atoms with E-state index in [-0.39, 0.29) is 18.0 Å². The first-order valence-electron chi connectivity index (χ1n) is 13.0. The molecule has 2 saturated heterocycles. The fourth-order valence-electron chi connectivity index (χ4n) is 6.25. The van der Waals surface area contributed by atoms with Crippen LogP contribution in [0.25, 0.3) is 0 Å². The van der Waals surface area contributed by atoms with Crippen molar-refractivity contribution in [3.63, 3.8) is 0 Å². The molecule has 2 aliphatic carbocycles. The summed E-state index contributed by atoms with van der Waals surface area (Å²) in [5.41, 5.74) is 3.11. The fraction of sp³-hybridized carbons (Fsp3) is 0.720. The third-order valence-electron chi connectivity index (χ3n) is 8.37. The van der Waals surface area contributed by atoms with Crippen molar-refractivity contribution in [3.05, 3.63) is 23.5 Å². The van der Waals surface area contributed by atoms with E-state index in [1.165, 1.54) is 18.4 Å². The van der Waals surface area contributed by atoms with Crippen LogP contribution in [0.15, 0.2) is 12.3 Å². The molecule has 33 heavy (non-hydrogen) atoms. The molecule has 4 fully saturated rings. The number of hydrogen-bond donors (Lipinski definition) is 2. The summed E-state index contributed by atoms with van der Waals surface area (Å²) in [6.45, 7) is 6.01. The molecule has 1 aromatic rings. The zero-order valence-electron chi connectivity index (χ0n) is 19.5. The number of nitrogens with one attached hydrogen (secondary N) is 2. The molecule has 178 valence electrons. The summed E-state index contributed by atoms with van der Waals surface area (Å²) in [7, 11) is 0. The highest BCUT2D eigenvalue weighted by atomic mass is 16.2. The summed E-state index contributed by atoms with van der Waals surface area (Å²) >= 11 is 0. The number of aromatic nitrogens is 1. The second-order valence-electron chi connectivity index (χ2n) is 10.7. The minimum Gasteiger partial charge on any atom is -0.353 e. The van der Waals surface area contributed by atoms with E-state index < -0.39 is 0 Å². The van der Waals surface area contributed by atoms with E-state index >= 15 is 0 Å². The van der Waals surface area contributed by atoms with Crippen LogP contribution in [0.1, 0.15) is 68.7 Å². The van der Waals surface area contributed by atoms with Crippen molar-refractivity contribution >= 4 is 17.6 Å². The van der Waals surface area contributed by atoms with Gasteiger partial charge < -0.3 is 15.5 Å². The minimum atomic E-state index is 0.0253. The number of anilines is 1. The van der Waals surface area contributed by atoms with E-state index in [9.17, 15) is 9.59 Å². The summed E-state index contributed by atoms with van der Waals surface area (Å²) in [5.74, 6) is 0.535. The number of carbonyl (C=O) groups excluding carboxylic acids is 2. The molecule has 4 heterocycles. The van der Waals surface area contributed by atoms with Gasteiger partial charge in [-0.1, -0.05) is 0 Å². The third kappa shape index (κ3) is 4.47. The molecular formula is C25H36N6O2. The summed E-state index contributed by atoms with van der Waals surface area (Å²) < 4.78 is 0. The lowest BCUT2D eigenvalue weighted by molar-refractivity contribution is -0.126. The van der Waals surface area contributed by atoms with Crippen molar-refractivity contribution in [1.82, 2.24) is 25.0 Å². The molecule has 1 aromatic heterocycles. The van der Waals surface area contributed by atoms with Crippen molar-refractivity contribution in [3.8, 4) is 0 Å². The van der Waals surface area contributed by atoms with Gasteiger partial charge in [-0.05, 0) is 63.0 Å². The van der Waals surface area contributed by atoms with E-state index in [4.69, 9.17) is 4.98 Å².